The molecule has 0 radical (unpaired) electrons. The summed E-state index contributed by atoms with van der Waals surface area (Å²) in [6.45, 7) is 8.02. The molecule has 108 valence electrons. The van der Waals surface area contributed by atoms with Crippen LogP contribution in [0.4, 0.5) is 0 Å². The molecule has 1 heterocycles. The Labute approximate surface area is 119 Å². The highest BCUT2D eigenvalue weighted by molar-refractivity contribution is 5.76. The zero-order valence-electron chi connectivity index (χ0n) is 12.5. The standard InChI is InChI=1S/C16H21NO3/c1-6-16(3)12-9-11(2)7-8-13(12)20-14(16)10-15(18)17(4)19-5/h6-9,14H,1,10H2,2-5H3/t14-,16-/m0/s1. The average molecular weight is 275 g/mol. The highest BCUT2D eigenvalue weighted by Crippen LogP contribution is 2.45. The summed E-state index contributed by atoms with van der Waals surface area (Å²) in [6.07, 6.45) is 1.85. The van der Waals surface area contributed by atoms with E-state index >= 15 is 0 Å². The van der Waals surface area contributed by atoms with Crippen molar-refractivity contribution in [3.05, 3.63) is 42.0 Å². The molecule has 1 aromatic carbocycles. The summed E-state index contributed by atoms with van der Waals surface area (Å²) in [5.74, 6) is 0.714. The number of carbonyl (C=O) groups excluding carboxylic acids is 1. The lowest BCUT2D eigenvalue weighted by atomic mass is 9.77. The number of hydrogen-bond acceptors (Lipinski definition) is 3. The molecule has 4 heteroatoms. The summed E-state index contributed by atoms with van der Waals surface area (Å²) in [6, 6.07) is 6.06. The molecule has 1 aliphatic heterocycles. The molecule has 0 spiro atoms. The number of hydrogen-bond donors (Lipinski definition) is 0. The van der Waals surface area contributed by atoms with Crippen molar-refractivity contribution in [2.75, 3.05) is 14.2 Å². The minimum Gasteiger partial charge on any atom is -0.488 e. The molecular weight excluding hydrogens is 254 g/mol. The van der Waals surface area contributed by atoms with Gasteiger partial charge in [0.05, 0.1) is 18.9 Å². The summed E-state index contributed by atoms with van der Waals surface area (Å²) in [4.78, 5) is 17.0. The number of fused-ring (bicyclic) bond motifs is 1. The van der Waals surface area contributed by atoms with Crippen molar-refractivity contribution in [3.8, 4) is 5.75 Å². The molecule has 0 aromatic heterocycles. The van der Waals surface area contributed by atoms with Crippen LogP contribution < -0.4 is 4.74 Å². The Morgan fingerprint density at radius 3 is 2.90 bits per heavy atom. The first-order valence-corrected chi connectivity index (χ1v) is 6.64. The van der Waals surface area contributed by atoms with Gasteiger partial charge in [-0.1, -0.05) is 23.8 Å². The fraction of sp³-hybridized carbons (Fsp3) is 0.438. The second kappa shape index (κ2) is 5.29. The maximum Gasteiger partial charge on any atom is 0.249 e. The molecule has 4 nitrogen and oxygen atoms in total. The molecule has 2 rings (SSSR count). The van der Waals surface area contributed by atoms with Crippen LogP contribution in [0, 0.1) is 6.92 Å². The van der Waals surface area contributed by atoms with Gasteiger partial charge in [-0.3, -0.25) is 9.63 Å². The zero-order valence-corrected chi connectivity index (χ0v) is 12.5. The molecule has 0 fully saturated rings. The molecule has 0 saturated carbocycles. The highest BCUT2D eigenvalue weighted by atomic mass is 16.7. The third-order valence-corrected chi connectivity index (χ3v) is 4.06. The predicted octanol–water partition coefficient (Wildman–Crippen LogP) is 2.61. The first-order valence-electron chi connectivity index (χ1n) is 6.64. The van der Waals surface area contributed by atoms with E-state index in [2.05, 4.69) is 19.6 Å². The van der Waals surface area contributed by atoms with Gasteiger partial charge in [0.25, 0.3) is 0 Å². The summed E-state index contributed by atoms with van der Waals surface area (Å²) >= 11 is 0. The van der Waals surface area contributed by atoms with Crippen LogP contribution in [0.15, 0.2) is 30.9 Å². The molecule has 0 aliphatic carbocycles. The topological polar surface area (TPSA) is 38.8 Å². The van der Waals surface area contributed by atoms with Gasteiger partial charge >= 0.3 is 0 Å². The van der Waals surface area contributed by atoms with Crippen LogP contribution in [0.25, 0.3) is 0 Å². The molecule has 0 saturated heterocycles. The first-order chi connectivity index (χ1) is 9.42. The van der Waals surface area contributed by atoms with Gasteiger partial charge < -0.3 is 4.74 Å². The minimum atomic E-state index is -0.369. The Balaban J connectivity index is 2.30. The minimum absolute atomic E-state index is 0.116. The van der Waals surface area contributed by atoms with Crippen LogP contribution in [0.3, 0.4) is 0 Å². The van der Waals surface area contributed by atoms with E-state index in [1.807, 2.05) is 25.1 Å². The third kappa shape index (κ3) is 2.31. The molecular formula is C16H21NO3. The van der Waals surface area contributed by atoms with Gasteiger partial charge in [0.15, 0.2) is 0 Å². The Morgan fingerprint density at radius 2 is 2.30 bits per heavy atom. The second-order valence-corrected chi connectivity index (χ2v) is 5.37. The van der Waals surface area contributed by atoms with Crippen molar-refractivity contribution < 1.29 is 14.4 Å². The number of benzene rings is 1. The van der Waals surface area contributed by atoms with E-state index in [1.54, 1.807) is 7.05 Å². The van der Waals surface area contributed by atoms with Gasteiger partial charge in [0.1, 0.15) is 11.9 Å². The molecule has 0 unspecified atom stereocenters. The fourth-order valence-electron chi connectivity index (χ4n) is 2.50. The SMILES string of the molecule is C=C[C@@]1(C)c2cc(C)ccc2O[C@H]1CC(=O)N(C)OC. The Bertz CT molecular complexity index is 541. The van der Waals surface area contributed by atoms with Crippen LogP contribution in [-0.4, -0.2) is 31.2 Å². The van der Waals surface area contributed by atoms with E-state index in [9.17, 15) is 4.79 Å². The van der Waals surface area contributed by atoms with Crippen molar-refractivity contribution in [2.24, 2.45) is 0 Å². The Hall–Kier alpha value is -1.81. The lowest BCUT2D eigenvalue weighted by molar-refractivity contribution is -0.170. The average Bonchev–Trinajstić information content (AvgIpc) is 2.71. The number of amides is 1. The second-order valence-electron chi connectivity index (χ2n) is 5.37. The maximum atomic E-state index is 12.0. The van der Waals surface area contributed by atoms with Crippen molar-refractivity contribution in [1.82, 2.24) is 5.06 Å². The van der Waals surface area contributed by atoms with Gasteiger partial charge in [0, 0.05) is 12.6 Å². The molecule has 2 atom stereocenters. The van der Waals surface area contributed by atoms with Crippen LogP contribution in [0.5, 0.6) is 5.75 Å². The molecule has 0 N–H and O–H groups in total. The Morgan fingerprint density at radius 1 is 1.60 bits per heavy atom. The smallest absolute Gasteiger partial charge is 0.249 e. The molecule has 1 aromatic rings. The van der Waals surface area contributed by atoms with Gasteiger partial charge in [-0.05, 0) is 19.9 Å². The number of nitrogens with zero attached hydrogens (tertiary/aromatic N) is 1. The van der Waals surface area contributed by atoms with Crippen LogP contribution in [0.1, 0.15) is 24.5 Å². The first kappa shape index (κ1) is 14.6. The van der Waals surface area contributed by atoms with Crippen LogP contribution in [0.2, 0.25) is 0 Å². The summed E-state index contributed by atoms with van der Waals surface area (Å²) in [5, 5.41) is 1.22. The number of ether oxygens (including phenoxy) is 1. The normalized spacial score (nSPS) is 23.9. The van der Waals surface area contributed by atoms with Crippen LogP contribution >= 0.6 is 0 Å². The molecule has 1 aliphatic rings. The van der Waals surface area contributed by atoms with Gasteiger partial charge in [0.2, 0.25) is 5.91 Å². The van der Waals surface area contributed by atoms with E-state index in [-0.39, 0.29) is 23.8 Å². The van der Waals surface area contributed by atoms with Crippen molar-refractivity contribution >= 4 is 5.91 Å². The van der Waals surface area contributed by atoms with Crippen molar-refractivity contribution in [3.63, 3.8) is 0 Å². The monoisotopic (exact) mass is 275 g/mol. The lowest BCUT2D eigenvalue weighted by Gasteiger charge is -2.27. The third-order valence-electron chi connectivity index (χ3n) is 4.06. The van der Waals surface area contributed by atoms with E-state index in [0.29, 0.717) is 0 Å². The summed E-state index contributed by atoms with van der Waals surface area (Å²) < 4.78 is 5.96. The van der Waals surface area contributed by atoms with Crippen LogP contribution in [-0.2, 0) is 15.0 Å². The number of rotatable bonds is 4. The predicted molar refractivity (Wildman–Crippen MR) is 77.5 cm³/mol. The van der Waals surface area contributed by atoms with Crippen molar-refractivity contribution in [2.45, 2.75) is 31.8 Å². The number of aryl methyl sites for hydroxylation is 1. The summed E-state index contributed by atoms with van der Waals surface area (Å²) in [7, 11) is 3.07. The fourth-order valence-corrected chi connectivity index (χ4v) is 2.50. The molecule has 0 bridgehead atoms. The highest BCUT2D eigenvalue weighted by Gasteiger charge is 2.44. The molecule has 20 heavy (non-hydrogen) atoms. The van der Waals surface area contributed by atoms with Gasteiger partial charge in [-0.15, -0.1) is 6.58 Å². The summed E-state index contributed by atoms with van der Waals surface area (Å²) in [5.41, 5.74) is 1.89. The lowest BCUT2D eigenvalue weighted by Crippen LogP contribution is -2.38. The molecule has 1 amide bonds. The number of hydroxylamine groups is 2. The van der Waals surface area contributed by atoms with E-state index in [1.165, 1.54) is 17.7 Å². The van der Waals surface area contributed by atoms with E-state index < -0.39 is 0 Å². The largest absolute Gasteiger partial charge is 0.488 e. The van der Waals surface area contributed by atoms with Gasteiger partial charge in [-0.2, -0.15) is 0 Å². The van der Waals surface area contributed by atoms with Crippen molar-refractivity contribution in [1.29, 1.82) is 0 Å². The Kier molecular flexibility index (Phi) is 3.86. The number of carbonyl (C=O) groups is 1. The quantitative estimate of drug-likeness (QED) is 0.626. The van der Waals surface area contributed by atoms with E-state index in [0.717, 1.165) is 11.3 Å². The van der Waals surface area contributed by atoms with Gasteiger partial charge in [-0.25, -0.2) is 5.06 Å². The zero-order chi connectivity index (χ0) is 14.9. The maximum absolute atomic E-state index is 12.0. The van der Waals surface area contributed by atoms with E-state index in [4.69, 9.17) is 9.57 Å².